The molecule has 6 N–H and O–H groups in total. The van der Waals surface area contributed by atoms with E-state index in [1.165, 1.54) is 0 Å². The van der Waals surface area contributed by atoms with Crippen molar-refractivity contribution in [2.45, 2.75) is 0 Å². The van der Waals surface area contributed by atoms with Crippen molar-refractivity contribution in [3.63, 3.8) is 0 Å². The van der Waals surface area contributed by atoms with E-state index in [9.17, 15) is 0 Å². The maximum absolute atomic E-state index is 8.25. The molecule has 4 nitrogen and oxygen atoms in total. The SMILES string of the molecule is CO.C[O-].O.[OH3+]. The fourth-order valence-corrected chi connectivity index (χ4v) is 0. The van der Waals surface area contributed by atoms with Gasteiger partial charge in [-0.25, -0.2) is 0 Å². The van der Waals surface area contributed by atoms with Gasteiger partial charge in [0.15, 0.2) is 0 Å². The zero-order valence-corrected chi connectivity index (χ0v) is 3.93. The Morgan fingerprint density at radius 1 is 1.17 bits per heavy atom. The van der Waals surface area contributed by atoms with Crippen LogP contribution in [0, 0.1) is 0 Å². The minimum Gasteiger partial charge on any atom is -0.857 e. The van der Waals surface area contributed by atoms with Crippen LogP contribution in [0.15, 0.2) is 0 Å². The van der Waals surface area contributed by atoms with Gasteiger partial charge >= 0.3 is 0 Å². The Morgan fingerprint density at radius 3 is 1.17 bits per heavy atom. The highest BCUT2D eigenvalue weighted by molar-refractivity contribution is 3.18. The van der Waals surface area contributed by atoms with Gasteiger partial charge in [-0.3, -0.25) is 0 Å². The Morgan fingerprint density at radius 2 is 1.17 bits per heavy atom. The van der Waals surface area contributed by atoms with Gasteiger partial charge in [0, 0.05) is 7.11 Å². The summed E-state index contributed by atoms with van der Waals surface area (Å²) in [6.07, 6.45) is 0. The van der Waals surface area contributed by atoms with Gasteiger partial charge in [-0.05, 0) is 0 Å². The van der Waals surface area contributed by atoms with Gasteiger partial charge in [0.05, 0.1) is 0 Å². The van der Waals surface area contributed by atoms with Gasteiger partial charge in [-0.1, -0.05) is 0 Å². The van der Waals surface area contributed by atoms with Crippen LogP contribution in [0.3, 0.4) is 0 Å². The van der Waals surface area contributed by atoms with Crippen LogP contribution in [0.1, 0.15) is 0 Å². The van der Waals surface area contributed by atoms with Gasteiger partial charge < -0.3 is 21.2 Å². The van der Waals surface area contributed by atoms with E-state index in [0.29, 0.717) is 0 Å². The third-order valence-corrected chi connectivity index (χ3v) is 0. The van der Waals surface area contributed by atoms with Gasteiger partial charge in [0.1, 0.15) is 0 Å². The summed E-state index contributed by atoms with van der Waals surface area (Å²) >= 11 is 0. The van der Waals surface area contributed by atoms with Crippen molar-refractivity contribution in [1.82, 2.24) is 0 Å². The van der Waals surface area contributed by atoms with Crippen LogP contribution in [0.5, 0.6) is 0 Å². The largest absolute Gasteiger partial charge is 0.857 e. The number of hydrogen-bond acceptors (Lipinski definition) is 2. The zero-order chi connectivity index (χ0) is 4.00. The molecule has 0 radical (unpaired) electrons. The standard InChI is InChI=1S/CH4O.CH3O.2H2O/c2*1-2;;/h2H,1H3;1H3;2*1H2/q;-1;;/p+1. The van der Waals surface area contributed by atoms with Crippen molar-refractivity contribution in [3.05, 3.63) is 0 Å². The van der Waals surface area contributed by atoms with Crippen LogP contribution in [-0.2, 0) is 5.48 Å². The molecule has 0 rings (SSSR count). The van der Waals surface area contributed by atoms with E-state index in [2.05, 4.69) is 0 Å². The van der Waals surface area contributed by atoms with E-state index in [-0.39, 0.29) is 11.0 Å². The van der Waals surface area contributed by atoms with Gasteiger partial charge in [-0.2, -0.15) is 7.11 Å². The second kappa shape index (κ2) is 2790. The third-order valence-electron chi connectivity index (χ3n) is 0. The molecule has 0 saturated heterocycles. The molecule has 0 atom stereocenters. The van der Waals surface area contributed by atoms with Crippen molar-refractivity contribution in [3.8, 4) is 0 Å². The minimum atomic E-state index is 0. The first kappa shape index (κ1) is 40.4. The van der Waals surface area contributed by atoms with E-state index >= 15 is 0 Å². The van der Waals surface area contributed by atoms with E-state index in [1.54, 1.807) is 0 Å². The van der Waals surface area contributed by atoms with E-state index in [4.69, 9.17) is 10.2 Å². The number of hydrogen-bond donors (Lipinski definition) is 1. The lowest BCUT2D eigenvalue weighted by atomic mass is 11.8. The average Bonchev–Trinajstić information content (AvgIpc) is 1.50. The fourth-order valence-electron chi connectivity index (χ4n) is 0. The minimum absolute atomic E-state index is 0. The number of rotatable bonds is 0. The first-order valence-electron chi connectivity index (χ1n) is 0.855. The molecule has 0 aliphatic heterocycles. The number of aliphatic hydroxyl groups excluding tert-OH is 1. The molecular formula is C2H12O4. The monoisotopic (exact) mass is 100 g/mol. The quantitative estimate of drug-likeness (QED) is 0.324. The molecule has 0 aliphatic carbocycles. The van der Waals surface area contributed by atoms with Crippen LogP contribution in [0.25, 0.3) is 0 Å². The molecule has 44 valence electrons. The van der Waals surface area contributed by atoms with Gasteiger partial charge in [-0.15, -0.1) is 0 Å². The summed E-state index contributed by atoms with van der Waals surface area (Å²) < 4.78 is 0. The molecule has 4 heteroatoms. The highest BCUT2D eigenvalue weighted by Gasteiger charge is 0.839. The second-order valence-electron chi connectivity index (χ2n) is 0. The first-order chi connectivity index (χ1) is 2.00. The predicted octanol–water partition coefficient (Wildman–Crippen LogP) is -3.16. The molecular weight excluding hydrogens is 88.0 g/mol. The molecule has 0 bridgehead atoms. The maximum atomic E-state index is 8.25. The molecule has 0 spiro atoms. The molecule has 0 fully saturated rings. The van der Waals surface area contributed by atoms with Crippen LogP contribution < -0.4 is 5.11 Å². The number of aliphatic hydroxyl groups is 1. The van der Waals surface area contributed by atoms with Crippen LogP contribution >= 0.6 is 0 Å². The van der Waals surface area contributed by atoms with Crippen molar-refractivity contribution in [1.29, 1.82) is 0 Å². The summed E-state index contributed by atoms with van der Waals surface area (Å²) in [4.78, 5) is 0. The first-order valence-corrected chi connectivity index (χ1v) is 0.855. The molecule has 0 unspecified atom stereocenters. The summed E-state index contributed by atoms with van der Waals surface area (Å²) in [6.45, 7) is 0. The Labute approximate surface area is 36.7 Å². The van der Waals surface area contributed by atoms with Crippen molar-refractivity contribution in [2.75, 3.05) is 14.2 Å². The summed E-state index contributed by atoms with van der Waals surface area (Å²) in [5.74, 6) is 0. The molecule has 0 amide bonds. The Bertz CT molecular complexity index is 5.51. The van der Waals surface area contributed by atoms with E-state index < -0.39 is 0 Å². The molecule has 6 heavy (non-hydrogen) atoms. The van der Waals surface area contributed by atoms with Crippen molar-refractivity contribution >= 4 is 0 Å². The molecule has 0 saturated carbocycles. The highest BCUT2D eigenvalue weighted by atomic mass is 16.2. The predicted molar refractivity (Wildman–Crippen MR) is 22.6 cm³/mol. The smallest absolute Gasteiger partial charge is 0.0319 e. The molecule has 0 aromatic heterocycles. The molecule has 0 heterocycles. The van der Waals surface area contributed by atoms with Crippen LogP contribution in [0.2, 0.25) is 0 Å². The molecule has 0 aromatic rings. The maximum Gasteiger partial charge on any atom is 0.0319 e. The molecule has 0 aromatic carbocycles. The lowest BCUT2D eigenvalue weighted by Gasteiger charge is -1.57. The van der Waals surface area contributed by atoms with Crippen molar-refractivity contribution < 1.29 is 21.2 Å². The highest BCUT2D eigenvalue weighted by Crippen LogP contribution is 0.755. The lowest BCUT2D eigenvalue weighted by molar-refractivity contribution is -0.325. The van der Waals surface area contributed by atoms with Gasteiger partial charge in [0.25, 0.3) is 0 Å². The molecule has 0 aliphatic rings. The Balaban J connectivity index is -0.00000000500. The third kappa shape index (κ3) is 1210. The summed E-state index contributed by atoms with van der Waals surface area (Å²) in [5, 5.41) is 15.2. The average molecular weight is 100 g/mol. The van der Waals surface area contributed by atoms with Crippen LogP contribution in [-0.4, -0.2) is 24.8 Å². The second-order valence-corrected chi connectivity index (χ2v) is 0. The van der Waals surface area contributed by atoms with E-state index in [0.717, 1.165) is 14.2 Å². The zero-order valence-electron chi connectivity index (χ0n) is 3.93. The lowest BCUT2D eigenvalue weighted by Crippen LogP contribution is -1.81. The van der Waals surface area contributed by atoms with E-state index in [1.807, 2.05) is 0 Å². The summed E-state index contributed by atoms with van der Waals surface area (Å²) in [5.41, 5.74) is 0. The summed E-state index contributed by atoms with van der Waals surface area (Å²) in [6, 6.07) is 0. The summed E-state index contributed by atoms with van der Waals surface area (Å²) in [7, 11) is 1.75. The fraction of sp³-hybridized carbons (Fsp3) is 1.00. The van der Waals surface area contributed by atoms with Crippen molar-refractivity contribution in [2.24, 2.45) is 0 Å². The Kier molecular flexibility index (Phi) is 18800. The van der Waals surface area contributed by atoms with Gasteiger partial charge in [0.2, 0.25) is 0 Å². The normalized spacial score (nSPS) is 2.00. The topological polar surface area (TPSA) is 108 Å². The Hall–Kier alpha value is -0.160. The van der Waals surface area contributed by atoms with Crippen LogP contribution in [0.4, 0.5) is 0 Å².